The van der Waals surface area contributed by atoms with Gasteiger partial charge in [-0.05, 0) is 37.7 Å². The van der Waals surface area contributed by atoms with Crippen LogP contribution in [0.1, 0.15) is 44.7 Å². The van der Waals surface area contributed by atoms with Crippen LogP contribution in [0.15, 0.2) is 30.3 Å². The van der Waals surface area contributed by atoms with Crippen molar-refractivity contribution in [1.82, 2.24) is 5.32 Å². The van der Waals surface area contributed by atoms with E-state index in [1.54, 1.807) is 0 Å². The van der Waals surface area contributed by atoms with Gasteiger partial charge in [0.25, 0.3) is 0 Å². The number of nitrogens with one attached hydrogen (secondary N) is 1. The lowest BCUT2D eigenvalue weighted by Gasteiger charge is -2.22. The lowest BCUT2D eigenvalue weighted by molar-refractivity contribution is 0.405. The molecule has 1 nitrogen and oxygen atoms in total. The molecule has 2 atom stereocenters. The Hall–Kier alpha value is -0.820. The van der Waals surface area contributed by atoms with Gasteiger partial charge in [0.15, 0.2) is 0 Å². The van der Waals surface area contributed by atoms with Crippen molar-refractivity contribution < 1.29 is 0 Å². The molecule has 15 heavy (non-hydrogen) atoms. The molecule has 0 heterocycles. The summed E-state index contributed by atoms with van der Waals surface area (Å²) < 4.78 is 0. The number of benzene rings is 1. The Morgan fingerprint density at radius 2 is 1.93 bits per heavy atom. The van der Waals surface area contributed by atoms with Gasteiger partial charge in [-0.2, -0.15) is 0 Å². The van der Waals surface area contributed by atoms with Crippen molar-refractivity contribution in [3.8, 4) is 0 Å². The van der Waals surface area contributed by atoms with E-state index in [0.29, 0.717) is 6.04 Å². The summed E-state index contributed by atoms with van der Waals surface area (Å²) in [5.74, 6) is 0.946. The van der Waals surface area contributed by atoms with E-state index in [-0.39, 0.29) is 0 Å². The maximum absolute atomic E-state index is 3.74. The second kappa shape index (κ2) is 4.80. The van der Waals surface area contributed by atoms with Crippen LogP contribution >= 0.6 is 0 Å². The molecular weight excluding hydrogens is 182 g/mol. The second-order valence-electron chi connectivity index (χ2n) is 4.65. The third-order valence-electron chi connectivity index (χ3n) is 3.39. The molecule has 1 heteroatoms. The largest absolute Gasteiger partial charge is 0.307 e. The molecule has 1 aliphatic rings. The highest BCUT2D eigenvalue weighted by atomic mass is 15.0. The number of rotatable bonds is 5. The van der Waals surface area contributed by atoms with Gasteiger partial charge in [-0.15, -0.1) is 0 Å². The molecule has 0 amide bonds. The van der Waals surface area contributed by atoms with Crippen LogP contribution in [0, 0.1) is 5.92 Å². The van der Waals surface area contributed by atoms with Gasteiger partial charge < -0.3 is 5.32 Å². The van der Waals surface area contributed by atoms with Crippen LogP contribution in [-0.4, -0.2) is 6.04 Å². The molecule has 1 saturated carbocycles. The van der Waals surface area contributed by atoms with Crippen LogP contribution in [0.5, 0.6) is 0 Å². The summed E-state index contributed by atoms with van der Waals surface area (Å²) in [5, 5.41) is 3.74. The SMILES string of the molecule is CCC(N[C@@H](C)c1ccccc1)C1CC1. The highest BCUT2D eigenvalue weighted by Gasteiger charge is 2.30. The van der Waals surface area contributed by atoms with Crippen LogP contribution in [0.2, 0.25) is 0 Å². The lowest BCUT2D eigenvalue weighted by Crippen LogP contribution is -2.32. The maximum atomic E-state index is 3.74. The van der Waals surface area contributed by atoms with Gasteiger partial charge in [-0.3, -0.25) is 0 Å². The zero-order valence-electron chi connectivity index (χ0n) is 9.74. The molecule has 0 saturated heterocycles. The minimum atomic E-state index is 0.483. The zero-order chi connectivity index (χ0) is 10.7. The van der Waals surface area contributed by atoms with Crippen LogP contribution in [0.3, 0.4) is 0 Å². The van der Waals surface area contributed by atoms with Crippen molar-refractivity contribution in [2.75, 3.05) is 0 Å². The van der Waals surface area contributed by atoms with Crippen LogP contribution in [-0.2, 0) is 0 Å². The molecule has 0 aromatic heterocycles. The van der Waals surface area contributed by atoms with Crippen molar-refractivity contribution >= 4 is 0 Å². The topological polar surface area (TPSA) is 12.0 Å². The van der Waals surface area contributed by atoms with Gasteiger partial charge in [0, 0.05) is 12.1 Å². The normalized spacial score (nSPS) is 19.9. The van der Waals surface area contributed by atoms with Gasteiger partial charge in [0.1, 0.15) is 0 Å². The van der Waals surface area contributed by atoms with Crippen molar-refractivity contribution in [3.63, 3.8) is 0 Å². The minimum Gasteiger partial charge on any atom is -0.307 e. The number of hydrogen-bond acceptors (Lipinski definition) is 1. The van der Waals surface area contributed by atoms with Crippen LogP contribution < -0.4 is 5.32 Å². The Morgan fingerprint density at radius 1 is 1.27 bits per heavy atom. The van der Waals surface area contributed by atoms with Crippen molar-refractivity contribution in [2.45, 2.75) is 45.2 Å². The molecular formula is C14H21N. The summed E-state index contributed by atoms with van der Waals surface area (Å²) in [7, 11) is 0. The summed E-state index contributed by atoms with van der Waals surface area (Å²) in [6.45, 7) is 4.55. The zero-order valence-corrected chi connectivity index (χ0v) is 9.74. The van der Waals surface area contributed by atoms with Gasteiger partial charge >= 0.3 is 0 Å². The first kappa shape index (κ1) is 10.7. The summed E-state index contributed by atoms with van der Waals surface area (Å²) in [5.41, 5.74) is 1.40. The fourth-order valence-electron chi connectivity index (χ4n) is 2.24. The molecule has 1 N–H and O–H groups in total. The Labute approximate surface area is 92.9 Å². The second-order valence-corrected chi connectivity index (χ2v) is 4.65. The molecule has 0 spiro atoms. The first-order chi connectivity index (χ1) is 7.31. The van der Waals surface area contributed by atoms with Crippen molar-refractivity contribution in [1.29, 1.82) is 0 Å². The van der Waals surface area contributed by atoms with Crippen LogP contribution in [0.4, 0.5) is 0 Å². The monoisotopic (exact) mass is 203 g/mol. The Balaban J connectivity index is 1.93. The maximum Gasteiger partial charge on any atom is 0.0294 e. The molecule has 0 radical (unpaired) electrons. The smallest absolute Gasteiger partial charge is 0.0294 e. The summed E-state index contributed by atoms with van der Waals surface area (Å²) in [4.78, 5) is 0. The van der Waals surface area contributed by atoms with Crippen molar-refractivity contribution in [2.24, 2.45) is 5.92 Å². The Bertz CT molecular complexity index is 289. The van der Waals surface area contributed by atoms with Gasteiger partial charge in [-0.1, -0.05) is 37.3 Å². The fourth-order valence-corrected chi connectivity index (χ4v) is 2.24. The molecule has 0 bridgehead atoms. The first-order valence-corrected chi connectivity index (χ1v) is 6.12. The van der Waals surface area contributed by atoms with E-state index in [1.165, 1.54) is 24.8 Å². The van der Waals surface area contributed by atoms with Crippen molar-refractivity contribution in [3.05, 3.63) is 35.9 Å². The summed E-state index contributed by atoms with van der Waals surface area (Å²) in [6.07, 6.45) is 4.10. The average molecular weight is 203 g/mol. The van der Waals surface area contributed by atoms with E-state index in [0.717, 1.165) is 12.0 Å². The minimum absolute atomic E-state index is 0.483. The van der Waals surface area contributed by atoms with Gasteiger partial charge in [-0.25, -0.2) is 0 Å². The Kier molecular flexibility index (Phi) is 3.42. The molecule has 2 rings (SSSR count). The summed E-state index contributed by atoms with van der Waals surface area (Å²) in [6, 6.07) is 11.9. The van der Waals surface area contributed by atoms with Gasteiger partial charge in [0.2, 0.25) is 0 Å². The van der Waals surface area contributed by atoms with E-state index in [4.69, 9.17) is 0 Å². The summed E-state index contributed by atoms with van der Waals surface area (Å²) >= 11 is 0. The molecule has 0 aliphatic heterocycles. The van der Waals surface area contributed by atoms with E-state index in [9.17, 15) is 0 Å². The highest BCUT2D eigenvalue weighted by molar-refractivity contribution is 5.18. The van der Waals surface area contributed by atoms with E-state index >= 15 is 0 Å². The molecule has 1 aromatic carbocycles. The molecule has 1 fully saturated rings. The molecule has 1 aromatic rings. The van der Waals surface area contributed by atoms with E-state index < -0.39 is 0 Å². The Morgan fingerprint density at radius 3 is 2.47 bits per heavy atom. The predicted octanol–water partition coefficient (Wildman–Crippen LogP) is 3.53. The average Bonchev–Trinajstić information content (AvgIpc) is 3.10. The standard InChI is InChI=1S/C14H21N/c1-3-14(13-9-10-13)15-11(2)12-7-5-4-6-8-12/h4-8,11,13-15H,3,9-10H2,1-2H3/t11-,14?/m0/s1. The fraction of sp³-hybridized carbons (Fsp3) is 0.571. The number of hydrogen-bond donors (Lipinski definition) is 1. The quantitative estimate of drug-likeness (QED) is 0.772. The van der Waals surface area contributed by atoms with Gasteiger partial charge in [0.05, 0.1) is 0 Å². The molecule has 82 valence electrons. The lowest BCUT2D eigenvalue weighted by atomic mass is 10.0. The highest BCUT2D eigenvalue weighted by Crippen LogP contribution is 2.34. The van der Waals surface area contributed by atoms with Crippen LogP contribution in [0.25, 0.3) is 0 Å². The molecule has 1 unspecified atom stereocenters. The van der Waals surface area contributed by atoms with E-state index in [2.05, 4.69) is 49.5 Å². The third kappa shape index (κ3) is 2.82. The first-order valence-electron chi connectivity index (χ1n) is 6.12. The molecule has 1 aliphatic carbocycles. The third-order valence-corrected chi connectivity index (χ3v) is 3.39. The predicted molar refractivity (Wildman–Crippen MR) is 64.8 cm³/mol. The van der Waals surface area contributed by atoms with E-state index in [1.807, 2.05) is 0 Å².